The van der Waals surface area contributed by atoms with Gasteiger partial charge >= 0.3 is 0 Å². The van der Waals surface area contributed by atoms with Crippen LogP contribution in [0.4, 0.5) is 0 Å². The second kappa shape index (κ2) is 4.58. The molecule has 0 N–H and O–H groups in total. The third-order valence-corrected chi connectivity index (χ3v) is 4.21. The number of alkyl halides is 1. The minimum absolute atomic E-state index is 0.551. The highest BCUT2D eigenvalue weighted by Gasteiger charge is 2.31. The zero-order chi connectivity index (χ0) is 12.7. The molecule has 18 heavy (non-hydrogen) atoms. The van der Waals surface area contributed by atoms with E-state index in [0.717, 1.165) is 23.7 Å². The van der Waals surface area contributed by atoms with Crippen molar-refractivity contribution in [1.82, 2.24) is 9.55 Å². The lowest BCUT2D eigenvalue weighted by Gasteiger charge is -2.16. The minimum Gasteiger partial charge on any atom is -0.325 e. The number of imidazole rings is 1. The molecule has 3 heteroatoms. The fourth-order valence-electron chi connectivity index (χ4n) is 2.81. The van der Waals surface area contributed by atoms with Crippen molar-refractivity contribution in [2.24, 2.45) is 5.92 Å². The molecule has 0 saturated heterocycles. The van der Waals surface area contributed by atoms with Gasteiger partial charge in [0.05, 0.1) is 11.0 Å². The van der Waals surface area contributed by atoms with Gasteiger partial charge in [-0.05, 0) is 44.2 Å². The first kappa shape index (κ1) is 12.0. The van der Waals surface area contributed by atoms with Crippen LogP contribution in [0.25, 0.3) is 11.0 Å². The number of rotatable bonds is 4. The molecule has 1 atom stereocenters. The standard InChI is InChI=1S/C15H19ClN2/c1-10-4-3-5-13-15(10)17-14(8-9-16)18(13)11(2)12-6-7-12/h3-5,11-12H,6-9H2,1-2H3. The van der Waals surface area contributed by atoms with Crippen molar-refractivity contribution in [2.75, 3.05) is 5.88 Å². The summed E-state index contributed by atoms with van der Waals surface area (Å²) in [6.45, 7) is 4.45. The molecule has 0 radical (unpaired) electrons. The molecule has 1 unspecified atom stereocenters. The summed E-state index contributed by atoms with van der Waals surface area (Å²) in [7, 11) is 0. The quantitative estimate of drug-likeness (QED) is 0.759. The summed E-state index contributed by atoms with van der Waals surface area (Å²) < 4.78 is 2.42. The van der Waals surface area contributed by atoms with E-state index < -0.39 is 0 Å². The summed E-state index contributed by atoms with van der Waals surface area (Å²) in [6, 6.07) is 6.99. The fourth-order valence-corrected chi connectivity index (χ4v) is 2.98. The van der Waals surface area contributed by atoms with Gasteiger partial charge in [-0.2, -0.15) is 0 Å². The highest BCUT2D eigenvalue weighted by Crippen LogP contribution is 2.41. The number of hydrogen-bond acceptors (Lipinski definition) is 1. The molecule has 1 heterocycles. The fraction of sp³-hybridized carbons (Fsp3) is 0.533. The van der Waals surface area contributed by atoms with Gasteiger partial charge in [-0.25, -0.2) is 4.98 Å². The Balaban J connectivity index is 2.17. The summed E-state index contributed by atoms with van der Waals surface area (Å²) in [6.07, 6.45) is 3.56. The second-order valence-electron chi connectivity index (χ2n) is 5.36. The number of hydrogen-bond donors (Lipinski definition) is 0. The summed E-state index contributed by atoms with van der Waals surface area (Å²) in [5, 5.41) is 0. The largest absolute Gasteiger partial charge is 0.325 e. The molecule has 1 saturated carbocycles. The van der Waals surface area contributed by atoms with Crippen LogP contribution < -0.4 is 0 Å². The van der Waals surface area contributed by atoms with E-state index in [1.807, 2.05) is 0 Å². The molecule has 0 bridgehead atoms. The second-order valence-corrected chi connectivity index (χ2v) is 5.74. The van der Waals surface area contributed by atoms with E-state index in [9.17, 15) is 0 Å². The zero-order valence-corrected chi connectivity index (χ0v) is 11.7. The molecule has 2 aromatic rings. The molecule has 2 nitrogen and oxygen atoms in total. The maximum Gasteiger partial charge on any atom is 0.111 e. The van der Waals surface area contributed by atoms with Gasteiger partial charge < -0.3 is 4.57 Å². The molecule has 0 spiro atoms. The average molecular weight is 263 g/mol. The Morgan fingerprint density at radius 3 is 2.89 bits per heavy atom. The van der Waals surface area contributed by atoms with Crippen molar-refractivity contribution < 1.29 is 0 Å². The highest BCUT2D eigenvalue weighted by atomic mass is 35.5. The van der Waals surface area contributed by atoms with Gasteiger partial charge in [0.1, 0.15) is 5.82 Å². The molecule has 96 valence electrons. The van der Waals surface area contributed by atoms with Crippen molar-refractivity contribution in [3.63, 3.8) is 0 Å². The first-order valence-corrected chi connectivity index (χ1v) is 7.28. The molecule has 3 rings (SSSR count). The first-order chi connectivity index (χ1) is 8.72. The lowest BCUT2D eigenvalue weighted by Crippen LogP contribution is -2.11. The van der Waals surface area contributed by atoms with Gasteiger partial charge in [0.15, 0.2) is 0 Å². The Morgan fingerprint density at radius 1 is 1.44 bits per heavy atom. The van der Waals surface area contributed by atoms with Crippen LogP contribution in [0.5, 0.6) is 0 Å². The molecule has 0 amide bonds. The number of aromatic nitrogens is 2. The van der Waals surface area contributed by atoms with Crippen LogP contribution in [0.3, 0.4) is 0 Å². The van der Waals surface area contributed by atoms with Crippen LogP contribution in [-0.4, -0.2) is 15.4 Å². The highest BCUT2D eigenvalue weighted by molar-refractivity contribution is 6.17. The van der Waals surface area contributed by atoms with Crippen LogP contribution in [0, 0.1) is 12.8 Å². The lowest BCUT2D eigenvalue weighted by atomic mass is 10.1. The van der Waals surface area contributed by atoms with E-state index >= 15 is 0 Å². The van der Waals surface area contributed by atoms with E-state index in [0.29, 0.717) is 11.9 Å². The van der Waals surface area contributed by atoms with Crippen LogP contribution in [0.15, 0.2) is 18.2 Å². The molecule has 1 aromatic carbocycles. The Labute approximate surface area is 113 Å². The predicted octanol–water partition coefficient (Wildman–Crippen LogP) is 4.10. The number of fused-ring (bicyclic) bond motifs is 1. The van der Waals surface area contributed by atoms with Crippen molar-refractivity contribution in [1.29, 1.82) is 0 Å². The topological polar surface area (TPSA) is 17.8 Å². The van der Waals surface area contributed by atoms with E-state index in [1.54, 1.807) is 0 Å². The number of nitrogens with zero attached hydrogens (tertiary/aromatic N) is 2. The Kier molecular flexibility index (Phi) is 3.06. The van der Waals surface area contributed by atoms with Gasteiger partial charge in [0.25, 0.3) is 0 Å². The number of para-hydroxylation sites is 1. The van der Waals surface area contributed by atoms with Crippen molar-refractivity contribution in [3.05, 3.63) is 29.6 Å². The monoisotopic (exact) mass is 262 g/mol. The normalized spacial score (nSPS) is 17.3. The number of aryl methyl sites for hydroxylation is 2. The van der Waals surface area contributed by atoms with Crippen molar-refractivity contribution in [2.45, 2.75) is 39.2 Å². The van der Waals surface area contributed by atoms with Crippen molar-refractivity contribution in [3.8, 4) is 0 Å². The lowest BCUT2D eigenvalue weighted by molar-refractivity contribution is 0.482. The van der Waals surface area contributed by atoms with Gasteiger partial charge in [0, 0.05) is 18.3 Å². The molecule has 1 aromatic heterocycles. The Hall–Kier alpha value is -1.02. The van der Waals surface area contributed by atoms with Gasteiger partial charge in [-0.3, -0.25) is 0 Å². The van der Waals surface area contributed by atoms with Gasteiger partial charge in [0.2, 0.25) is 0 Å². The molecule has 0 aliphatic heterocycles. The van der Waals surface area contributed by atoms with E-state index in [2.05, 4.69) is 36.6 Å². The van der Waals surface area contributed by atoms with E-state index in [4.69, 9.17) is 16.6 Å². The predicted molar refractivity (Wildman–Crippen MR) is 76.3 cm³/mol. The Morgan fingerprint density at radius 2 is 2.22 bits per heavy atom. The third kappa shape index (κ3) is 1.93. The smallest absolute Gasteiger partial charge is 0.111 e. The SMILES string of the molecule is Cc1cccc2c1nc(CCCl)n2C(C)C1CC1. The number of halogens is 1. The minimum atomic E-state index is 0.551. The van der Waals surface area contributed by atoms with Gasteiger partial charge in [-0.1, -0.05) is 12.1 Å². The summed E-state index contributed by atoms with van der Waals surface area (Å²) in [4.78, 5) is 4.81. The number of benzene rings is 1. The third-order valence-electron chi connectivity index (χ3n) is 4.02. The Bertz CT molecular complexity index is 569. The maximum absolute atomic E-state index is 5.92. The molecule has 1 aliphatic rings. The average Bonchev–Trinajstić information content (AvgIpc) is 3.12. The van der Waals surface area contributed by atoms with E-state index in [-0.39, 0.29) is 0 Å². The zero-order valence-electron chi connectivity index (χ0n) is 11.0. The van der Waals surface area contributed by atoms with Crippen LogP contribution in [0.1, 0.15) is 37.2 Å². The van der Waals surface area contributed by atoms with Crippen LogP contribution >= 0.6 is 11.6 Å². The van der Waals surface area contributed by atoms with Crippen molar-refractivity contribution >= 4 is 22.6 Å². The van der Waals surface area contributed by atoms with Gasteiger partial charge in [-0.15, -0.1) is 11.6 Å². The van der Waals surface area contributed by atoms with Crippen LogP contribution in [0.2, 0.25) is 0 Å². The summed E-state index contributed by atoms with van der Waals surface area (Å²) in [5.74, 6) is 2.62. The molecular weight excluding hydrogens is 244 g/mol. The summed E-state index contributed by atoms with van der Waals surface area (Å²) >= 11 is 5.92. The summed E-state index contributed by atoms with van der Waals surface area (Å²) in [5.41, 5.74) is 3.67. The molecule has 1 fully saturated rings. The van der Waals surface area contributed by atoms with Crippen LogP contribution in [-0.2, 0) is 6.42 Å². The first-order valence-electron chi connectivity index (χ1n) is 6.74. The maximum atomic E-state index is 5.92. The van der Waals surface area contributed by atoms with E-state index in [1.165, 1.54) is 23.9 Å². The molecule has 1 aliphatic carbocycles. The molecular formula is C15H19ClN2.